The fourth-order valence-electron chi connectivity index (χ4n) is 4.08. The van der Waals surface area contributed by atoms with Crippen molar-refractivity contribution in [2.75, 3.05) is 0 Å². The van der Waals surface area contributed by atoms with E-state index in [0.29, 0.717) is 11.5 Å². The summed E-state index contributed by atoms with van der Waals surface area (Å²) in [5.74, 6) is 1.26. The molecule has 2 fully saturated rings. The van der Waals surface area contributed by atoms with Crippen LogP contribution in [-0.4, -0.2) is 22.4 Å². The molecule has 18 heavy (non-hydrogen) atoms. The number of epoxide rings is 1. The summed E-state index contributed by atoms with van der Waals surface area (Å²) in [6.45, 7) is 0. The summed E-state index contributed by atoms with van der Waals surface area (Å²) >= 11 is 0. The fraction of sp³-hybridized carbons (Fsp3) is 0.333. The second kappa shape index (κ2) is 2.64. The smallest absolute Gasteiger partial charge is 0.127 e. The molecule has 2 bridgehead atoms. The van der Waals surface area contributed by atoms with Crippen LogP contribution in [0.4, 0.5) is 0 Å². The molecule has 0 aromatic heterocycles. The fourth-order valence-corrected chi connectivity index (χ4v) is 4.08. The largest absolute Gasteiger partial charge is 0.507 e. The molecule has 2 aromatic carbocycles. The Hall–Kier alpha value is -1.74. The number of hydrogen-bond acceptors (Lipinski definition) is 3. The number of phenols is 2. The SMILES string of the molecule is Oc1c2c(c(O)c3ccccc13)[C@@H]1C[C@H]2C2OC21. The molecule has 4 atom stereocenters. The molecule has 3 nitrogen and oxygen atoms in total. The Morgan fingerprint density at radius 3 is 1.89 bits per heavy atom. The van der Waals surface area contributed by atoms with Gasteiger partial charge in [0, 0.05) is 33.7 Å². The van der Waals surface area contributed by atoms with Crippen LogP contribution in [0.25, 0.3) is 10.8 Å². The van der Waals surface area contributed by atoms with Crippen molar-refractivity contribution in [2.24, 2.45) is 0 Å². The normalized spacial score (nSPS) is 34.7. The van der Waals surface area contributed by atoms with E-state index in [1.54, 1.807) is 0 Å². The van der Waals surface area contributed by atoms with E-state index in [-0.39, 0.29) is 24.0 Å². The molecule has 1 aliphatic heterocycles. The summed E-state index contributed by atoms with van der Waals surface area (Å²) in [7, 11) is 0. The summed E-state index contributed by atoms with van der Waals surface area (Å²) < 4.78 is 5.64. The number of fused-ring (bicyclic) bond motifs is 9. The van der Waals surface area contributed by atoms with Gasteiger partial charge in [0.2, 0.25) is 0 Å². The highest BCUT2D eigenvalue weighted by Gasteiger charge is 2.63. The van der Waals surface area contributed by atoms with E-state index >= 15 is 0 Å². The molecule has 3 heteroatoms. The monoisotopic (exact) mass is 240 g/mol. The third-order valence-corrected chi connectivity index (χ3v) is 4.84. The lowest BCUT2D eigenvalue weighted by Crippen LogP contribution is -2.08. The Bertz CT molecular complexity index is 648. The highest BCUT2D eigenvalue weighted by Crippen LogP contribution is 2.67. The molecule has 3 aliphatic rings. The first-order chi connectivity index (χ1) is 8.77. The lowest BCUT2D eigenvalue weighted by molar-refractivity contribution is 0.295. The number of rotatable bonds is 0. The number of phenolic OH excluding ortho intramolecular Hbond substituents is 2. The van der Waals surface area contributed by atoms with E-state index in [2.05, 4.69) is 0 Å². The predicted molar refractivity (Wildman–Crippen MR) is 66.0 cm³/mol. The first-order valence-corrected chi connectivity index (χ1v) is 6.39. The van der Waals surface area contributed by atoms with Gasteiger partial charge in [0.25, 0.3) is 0 Å². The van der Waals surface area contributed by atoms with E-state index in [1.807, 2.05) is 24.3 Å². The Kier molecular flexibility index (Phi) is 1.35. The van der Waals surface area contributed by atoms with Gasteiger partial charge in [-0.15, -0.1) is 0 Å². The van der Waals surface area contributed by atoms with Crippen LogP contribution in [0, 0.1) is 0 Å². The Labute approximate surface area is 104 Å². The van der Waals surface area contributed by atoms with Crippen molar-refractivity contribution in [3.05, 3.63) is 35.4 Å². The summed E-state index contributed by atoms with van der Waals surface area (Å²) in [6.07, 6.45) is 1.59. The van der Waals surface area contributed by atoms with Crippen molar-refractivity contribution in [1.82, 2.24) is 0 Å². The van der Waals surface area contributed by atoms with Gasteiger partial charge in [0.05, 0.1) is 12.2 Å². The molecule has 0 amide bonds. The third-order valence-electron chi connectivity index (χ3n) is 4.84. The maximum Gasteiger partial charge on any atom is 0.127 e. The van der Waals surface area contributed by atoms with Crippen molar-refractivity contribution < 1.29 is 14.9 Å². The summed E-state index contributed by atoms with van der Waals surface area (Å²) in [5, 5.41) is 22.5. The summed E-state index contributed by atoms with van der Waals surface area (Å²) in [4.78, 5) is 0. The van der Waals surface area contributed by atoms with Gasteiger partial charge in [-0.05, 0) is 6.42 Å². The lowest BCUT2D eigenvalue weighted by Gasteiger charge is -2.17. The Balaban J connectivity index is 1.95. The molecular formula is C15H12O3. The van der Waals surface area contributed by atoms with Gasteiger partial charge < -0.3 is 14.9 Å². The van der Waals surface area contributed by atoms with E-state index in [9.17, 15) is 10.2 Å². The van der Waals surface area contributed by atoms with E-state index in [0.717, 1.165) is 28.3 Å². The Morgan fingerprint density at radius 1 is 0.889 bits per heavy atom. The van der Waals surface area contributed by atoms with Crippen LogP contribution < -0.4 is 0 Å². The van der Waals surface area contributed by atoms with Crippen molar-refractivity contribution in [3.63, 3.8) is 0 Å². The molecule has 0 spiro atoms. The van der Waals surface area contributed by atoms with Crippen molar-refractivity contribution in [2.45, 2.75) is 30.5 Å². The van der Waals surface area contributed by atoms with Crippen LogP contribution in [0.15, 0.2) is 24.3 Å². The zero-order chi connectivity index (χ0) is 12.0. The van der Waals surface area contributed by atoms with Crippen molar-refractivity contribution in [1.29, 1.82) is 0 Å². The molecule has 1 heterocycles. The first-order valence-electron chi connectivity index (χ1n) is 6.39. The van der Waals surface area contributed by atoms with Crippen LogP contribution in [0.3, 0.4) is 0 Å². The van der Waals surface area contributed by atoms with Gasteiger partial charge in [-0.1, -0.05) is 24.3 Å². The summed E-state index contributed by atoms with van der Waals surface area (Å²) in [6, 6.07) is 7.50. The Morgan fingerprint density at radius 2 is 1.39 bits per heavy atom. The van der Waals surface area contributed by atoms with Crippen LogP contribution in [0.5, 0.6) is 11.5 Å². The highest BCUT2D eigenvalue weighted by molar-refractivity contribution is 5.96. The maximum absolute atomic E-state index is 10.5. The quantitative estimate of drug-likeness (QED) is 0.549. The molecule has 2 aliphatic carbocycles. The van der Waals surface area contributed by atoms with Gasteiger partial charge >= 0.3 is 0 Å². The minimum absolute atomic E-state index is 0.283. The zero-order valence-corrected chi connectivity index (χ0v) is 9.63. The number of hydrogen-bond donors (Lipinski definition) is 2. The minimum atomic E-state index is 0.283. The average molecular weight is 240 g/mol. The maximum atomic E-state index is 10.5. The molecule has 1 saturated heterocycles. The van der Waals surface area contributed by atoms with Crippen molar-refractivity contribution in [3.8, 4) is 11.5 Å². The standard InChI is InChI=1S/C15H12O3/c16-12-6-3-1-2-4-7(6)13(17)11-9-5-8(10(11)12)14-15(9)18-14/h1-4,8-9,14-17H,5H2/t8-,9+,14?,15?. The van der Waals surface area contributed by atoms with Gasteiger partial charge in [-0.3, -0.25) is 0 Å². The third kappa shape index (κ3) is 0.821. The van der Waals surface area contributed by atoms with Crippen LogP contribution in [0.2, 0.25) is 0 Å². The molecule has 2 unspecified atom stereocenters. The second-order valence-corrected chi connectivity index (χ2v) is 5.58. The van der Waals surface area contributed by atoms with Crippen LogP contribution >= 0.6 is 0 Å². The van der Waals surface area contributed by atoms with E-state index in [1.165, 1.54) is 0 Å². The van der Waals surface area contributed by atoms with E-state index in [4.69, 9.17) is 4.74 Å². The minimum Gasteiger partial charge on any atom is -0.507 e. The van der Waals surface area contributed by atoms with Gasteiger partial charge in [0.15, 0.2) is 0 Å². The molecule has 2 aromatic rings. The average Bonchev–Trinajstić information content (AvgIpc) is 3.02. The van der Waals surface area contributed by atoms with Crippen LogP contribution in [0.1, 0.15) is 29.4 Å². The highest BCUT2D eigenvalue weighted by atomic mass is 16.6. The van der Waals surface area contributed by atoms with Crippen molar-refractivity contribution >= 4 is 10.8 Å². The van der Waals surface area contributed by atoms with Gasteiger partial charge in [-0.2, -0.15) is 0 Å². The lowest BCUT2D eigenvalue weighted by atomic mass is 9.87. The molecular weight excluding hydrogens is 228 g/mol. The first kappa shape index (κ1) is 9.22. The molecule has 90 valence electrons. The molecule has 5 rings (SSSR count). The van der Waals surface area contributed by atoms with E-state index < -0.39 is 0 Å². The van der Waals surface area contributed by atoms with Gasteiger partial charge in [0.1, 0.15) is 11.5 Å². The predicted octanol–water partition coefficient (Wildman–Crippen LogP) is 2.60. The molecule has 0 radical (unpaired) electrons. The van der Waals surface area contributed by atoms with Crippen LogP contribution in [-0.2, 0) is 4.74 Å². The topological polar surface area (TPSA) is 53.0 Å². The number of aromatic hydroxyl groups is 2. The number of ether oxygens (including phenoxy) is 1. The molecule has 2 N–H and O–H groups in total. The zero-order valence-electron chi connectivity index (χ0n) is 9.63. The van der Waals surface area contributed by atoms with Gasteiger partial charge in [-0.25, -0.2) is 0 Å². The summed E-state index contributed by atoms with van der Waals surface area (Å²) in [5.41, 5.74) is 1.88. The molecule has 1 saturated carbocycles. The number of benzene rings is 2. The second-order valence-electron chi connectivity index (χ2n) is 5.58.